The molecule has 156 valence electrons. The van der Waals surface area contributed by atoms with Crippen molar-refractivity contribution in [3.63, 3.8) is 0 Å². The van der Waals surface area contributed by atoms with Crippen LogP contribution < -0.4 is 0 Å². The van der Waals surface area contributed by atoms with Gasteiger partial charge in [-0.3, -0.25) is 0 Å². The van der Waals surface area contributed by atoms with Crippen molar-refractivity contribution in [1.29, 1.82) is 0 Å². The summed E-state index contributed by atoms with van der Waals surface area (Å²) in [4.78, 5) is 12.8. The van der Waals surface area contributed by atoms with Gasteiger partial charge in [0.15, 0.2) is 0 Å². The van der Waals surface area contributed by atoms with E-state index >= 15 is 0 Å². The van der Waals surface area contributed by atoms with Gasteiger partial charge >= 0.3 is 5.97 Å². The summed E-state index contributed by atoms with van der Waals surface area (Å²) < 4.78 is 5.85. The number of benzene rings is 1. The van der Waals surface area contributed by atoms with Crippen molar-refractivity contribution >= 4 is 5.97 Å². The molecule has 0 radical (unpaired) electrons. The van der Waals surface area contributed by atoms with Gasteiger partial charge in [0.05, 0.1) is 22.9 Å². The number of aliphatic hydroxyl groups excluding tert-OH is 1. The molecule has 0 aromatic heterocycles. The number of ether oxygens (including phenoxy) is 1. The average Bonchev–Trinajstić information content (AvgIpc) is 2.82. The molecule has 2 aliphatic rings. The van der Waals surface area contributed by atoms with Crippen molar-refractivity contribution < 1.29 is 30.0 Å². The first-order chi connectivity index (χ1) is 12.9. The molecule has 3 rings (SSSR count). The quantitative estimate of drug-likeness (QED) is 0.589. The topological polar surface area (TPSA) is 107 Å². The molecular weight excluding hydrogens is 360 g/mol. The predicted molar refractivity (Wildman–Crippen MR) is 104 cm³/mol. The fourth-order valence-electron chi connectivity index (χ4n) is 5.28. The van der Waals surface area contributed by atoms with Gasteiger partial charge < -0.3 is 25.2 Å². The Bertz CT molecular complexity index is 727. The summed E-state index contributed by atoms with van der Waals surface area (Å²) in [7, 11) is 0. The molecule has 6 heteroatoms. The number of phenolic OH excluding ortho intramolecular Hbond substituents is 1. The third kappa shape index (κ3) is 3.53. The monoisotopic (exact) mass is 392 g/mol. The molecule has 1 aromatic rings. The molecule has 4 N–H and O–H groups in total. The van der Waals surface area contributed by atoms with Gasteiger partial charge in [0.25, 0.3) is 0 Å². The zero-order valence-electron chi connectivity index (χ0n) is 17.1. The van der Waals surface area contributed by atoms with E-state index in [0.29, 0.717) is 19.3 Å². The van der Waals surface area contributed by atoms with Crippen molar-refractivity contribution in [1.82, 2.24) is 0 Å². The highest BCUT2D eigenvalue weighted by Crippen LogP contribution is 2.59. The molecule has 6 unspecified atom stereocenters. The molecule has 6 nitrogen and oxygen atoms in total. The molecule has 0 aliphatic heterocycles. The van der Waals surface area contributed by atoms with E-state index in [1.54, 1.807) is 6.92 Å². The second-order valence-corrected chi connectivity index (χ2v) is 9.55. The Morgan fingerprint density at radius 2 is 1.71 bits per heavy atom. The van der Waals surface area contributed by atoms with Crippen LogP contribution in [0.3, 0.4) is 0 Å². The van der Waals surface area contributed by atoms with Crippen LogP contribution in [-0.4, -0.2) is 49.8 Å². The minimum Gasteiger partial charge on any atom is -0.508 e. The molecule has 0 amide bonds. The molecule has 0 spiro atoms. The highest BCUT2D eigenvalue weighted by molar-refractivity contribution is 5.89. The van der Waals surface area contributed by atoms with Crippen LogP contribution in [0, 0.1) is 17.3 Å². The van der Waals surface area contributed by atoms with E-state index in [2.05, 4.69) is 0 Å². The number of fused-ring (bicyclic) bond motifs is 1. The first kappa shape index (κ1) is 21.1. The molecule has 0 heterocycles. The number of rotatable bonds is 3. The number of carbonyl (C=O) groups excluding carboxylic acids is 1. The van der Waals surface area contributed by atoms with Crippen molar-refractivity contribution in [2.75, 3.05) is 0 Å². The molecule has 1 aromatic carbocycles. The minimum absolute atomic E-state index is 0.0489. The maximum absolute atomic E-state index is 12.8. The summed E-state index contributed by atoms with van der Waals surface area (Å²) in [5.74, 6) is -0.980. The first-order valence-corrected chi connectivity index (χ1v) is 10.0. The van der Waals surface area contributed by atoms with Gasteiger partial charge in [0, 0.05) is 12.3 Å². The SMILES string of the molecule is CC(C)C1(O)CCC2(C)CC(O)C(C)(O)CC(OC(=O)c3ccc(O)cc3)C21. The van der Waals surface area contributed by atoms with Crippen LogP contribution in [-0.2, 0) is 4.74 Å². The Balaban J connectivity index is 1.99. The van der Waals surface area contributed by atoms with Gasteiger partial charge in [-0.05, 0) is 61.8 Å². The van der Waals surface area contributed by atoms with E-state index in [1.807, 2.05) is 20.8 Å². The van der Waals surface area contributed by atoms with Crippen LogP contribution in [0.2, 0.25) is 0 Å². The van der Waals surface area contributed by atoms with Crippen molar-refractivity contribution in [3.05, 3.63) is 29.8 Å². The summed E-state index contributed by atoms with van der Waals surface area (Å²) in [6.07, 6.45) is -0.0683. The van der Waals surface area contributed by atoms with Gasteiger partial charge in [0.2, 0.25) is 0 Å². The lowest BCUT2D eigenvalue weighted by atomic mass is 9.67. The van der Waals surface area contributed by atoms with Gasteiger partial charge in [-0.1, -0.05) is 20.8 Å². The van der Waals surface area contributed by atoms with Crippen LogP contribution in [0.15, 0.2) is 24.3 Å². The van der Waals surface area contributed by atoms with Crippen LogP contribution in [0.4, 0.5) is 0 Å². The van der Waals surface area contributed by atoms with E-state index < -0.39 is 40.7 Å². The summed E-state index contributed by atoms with van der Waals surface area (Å²) >= 11 is 0. The number of phenols is 1. The van der Waals surface area contributed by atoms with E-state index in [0.717, 1.165) is 0 Å². The molecule has 2 fully saturated rings. The Morgan fingerprint density at radius 1 is 1.11 bits per heavy atom. The molecule has 0 saturated heterocycles. The fraction of sp³-hybridized carbons (Fsp3) is 0.682. The lowest BCUT2D eigenvalue weighted by molar-refractivity contribution is -0.121. The molecule has 2 aliphatic carbocycles. The molecule has 6 atom stereocenters. The van der Waals surface area contributed by atoms with Gasteiger partial charge in [-0.2, -0.15) is 0 Å². The number of hydrogen-bond acceptors (Lipinski definition) is 6. The normalized spacial score (nSPS) is 40.8. The van der Waals surface area contributed by atoms with Crippen LogP contribution in [0.1, 0.15) is 63.7 Å². The highest BCUT2D eigenvalue weighted by atomic mass is 16.5. The van der Waals surface area contributed by atoms with Crippen molar-refractivity contribution in [2.45, 2.75) is 76.8 Å². The van der Waals surface area contributed by atoms with Gasteiger partial charge in [0.1, 0.15) is 11.9 Å². The van der Waals surface area contributed by atoms with E-state index in [-0.39, 0.29) is 23.7 Å². The Hall–Kier alpha value is -1.63. The lowest BCUT2D eigenvalue weighted by Crippen LogP contribution is -2.51. The predicted octanol–water partition coefficient (Wildman–Crippen LogP) is 2.63. The van der Waals surface area contributed by atoms with Crippen molar-refractivity contribution in [2.24, 2.45) is 17.3 Å². The van der Waals surface area contributed by atoms with Gasteiger partial charge in [-0.25, -0.2) is 4.79 Å². The molecule has 28 heavy (non-hydrogen) atoms. The number of esters is 1. The third-order valence-corrected chi connectivity index (χ3v) is 7.11. The number of aliphatic hydroxyl groups is 3. The van der Waals surface area contributed by atoms with Crippen LogP contribution in [0.5, 0.6) is 5.75 Å². The second-order valence-electron chi connectivity index (χ2n) is 9.55. The summed E-state index contributed by atoms with van der Waals surface area (Å²) in [5.41, 5.74) is -2.64. The maximum Gasteiger partial charge on any atom is 0.338 e. The average molecular weight is 392 g/mol. The zero-order valence-corrected chi connectivity index (χ0v) is 17.1. The van der Waals surface area contributed by atoms with Crippen LogP contribution >= 0.6 is 0 Å². The first-order valence-electron chi connectivity index (χ1n) is 10.0. The third-order valence-electron chi connectivity index (χ3n) is 7.11. The number of carbonyl (C=O) groups is 1. The summed E-state index contributed by atoms with van der Waals surface area (Å²) in [6, 6.07) is 5.77. The smallest absolute Gasteiger partial charge is 0.338 e. The Morgan fingerprint density at radius 3 is 2.29 bits per heavy atom. The highest BCUT2D eigenvalue weighted by Gasteiger charge is 2.62. The summed E-state index contributed by atoms with van der Waals surface area (Å²) in [6.45, 7) is 7.45. The largest absolute Gasteiger partial charge is 0.508 e. The summed E-state index contributed by atoms with van der Waals surface area (Å²) in [5, 5.41) is 42.4. The number of aromatic hydroxyl groups is 1. The second kappa shape index (κ2) is 7.01. The van der Waals surface area contributed by atoms with Crippen LogP contribution in [0.25, 0.3) is 0 Å². The standard InChI is InChI=1S/C22H32O6/c1-13(2)22(27)10-9-20(3)12-17(24)21(4,26)11-16(18(20)22)28-19(25)14-5-7-15(23)8-6-14/h5-8,13,16-18,23-24,26-27H,9-12H2,1-4H3. The Labute approximate surface area is 166 Å². The van der Waals surface area contributed by atoms with E-state index in [4.69, 9.17) is 4.74 Å². The fourth-order valence-corrected chi connectivity index (χ4v) is 5.28. The zero-order chi connectivity index (χ0) is 20.9. The number of hydrogen-bond donors (Lipinski definition) is 4. The molecular formula is C22H32O6. The molecule has 2 saturated carbocycles. The van der Waals surface area contributed by atoms with E-state index in [9.17, 15) is 25.2 Å². The minimum atomic E-state index is -1.43. The molecule has 0 bridgehead atoms. The van der Waals surface area contributed by atoms with E-state index in [1.165, 1.54) is 24.3 Å². The van der Waals surface area contributed by atoms with Crippen molar-refractivity contribution in [3.8, 4) is 5.75 Å². The van der Waals surface area contributed by atoms with Gasteiger partial charge in [-0.15, -0.1) is 0 Å². The lowest BCUT2D eigenvalue weighted by Gasteiger charge is -2.43. The Kier molecular flexibility index (Phi) is 5.28. The maximum atomic E-state index is 12.8.